The van der Waals surface area contributed by atoms with Crippen LogP contribution in [0.3, 0.4) is 0 Å². The van der Waals surface area contributed by atoms with Crippen LogP contribution in [0.1, 0.15) is 21.1 Å². The summed E-state index contributed by atoms with van der Waals surface area (Å²) < 4.78 is 0.816. The van der Waals surface area contributed by atoms with Crippen molar-refractivity contribution in [1.82, 2.24) is 15.0 Å². The number of rotatable bonds is 5. The SMILES string of the molecule is O=C(c1cccs1)c1nc(NCc2ccccn2)nc2ccsc12. The molecule has 7 heteroatoms. The van der Waals surface area contributed by atoms with Gasteiger partial charge in [-0.05, 0) is 35.0 Å². The van der Waals surface area contributed by atoms with Crippen molar-refractivity contribution < 1.29 is 4.79 Å². The molecule has 0 aliphatic rings. The van der Waals surface area contributed by atoms with E-state index in [2.05, 4.69) is 20.3 Å². The summed E-state index contributed by atoms with van der Waals surface area (Å²) in [6.07, 6.45) is 1.74. The van der Waals surface area contributed by atoms with Gasteiger partial charge in [-0.2, -0.15) is 0 Å². The van der Waals surface area contributed by atoms with Crippen molar-refractivity contribution in [2.75, 3.05) is 5.32 Å². The zero-order valence-corrected chi connectivity index (χ0v) is 14.1. The predicted octanol–water partition coefficient (Wildman–Crippen LogP) is 3.99. The van der Waals surface area contributed by atoms with Gasteiger partial charge in [-0.1, -0.05) is 12.1 Å². The highest BCUT2D eigenvalue weighted by Gasteiger charge is 2.18. The number of fused-ring (bicyclic) bond motifs is 1. The third kappa shape index (κ3) is 2.91. The summed E-state index contributed by atoms with van der Waals surface area (Å²) >= 11 is 2.90. The van der Waals surface area contributed by atoms with Crippen molar-refractivity contribution in [3.8, 4) is 0 Å². The molecule has 4 rings (SSSR count). The maximum absolute atomic E-state index is 12.7. The van der Waals surface area contributed by atoms with Crippen molar-refractivity contribution in [2.24, 2.45) is 0 Å². The third-order valence-electron chi connectivity index (χ3n) is 3.42. The number of nitrogens with one attached hydrogen (secondary N) is 1. The topological polar surface area (TPSA) is 67.8 Å². The molecule has 0 radical (unpaired) electrons. The van der Waals surface area contributed by atoms with Crippen LogP contribution in [0.4, 0.5) is 5.95 Å². The fourth-order valence-corrected chi connectivity index (χ4v) is 3.78. The molecule has 1 N–H and O–H groups in total. The predicted molar refractivity (Wildman–Crippen MR) is 96.7 cm³/mol. The van der Waals surface area contributed by atoms with E-state index in [1.807, 2.05) is 47.2 Å². The molecule has 0 saturated heterocycles. The smallest absolute Gasteiger partial charge is 0.224 e. The van der Waals surface area contributed by atoms with Gasteiger partial charge in [0.25, 0.3) is 0 Å². The fraction of sp³-hybridized carbons (Fsp3) is 0.0588. The summed E-state index contributed by atoms with van der Waals surface area (Å²) in [5, 5.41) is 6.97. The molecule has 4 heterocycles. The molecule has 0 amide bonds. The Morgan fingerprint density at radius 1 is 1.04 bits per heavy atom. The normalized spacial score (nSPS) is 10.8. The zero-order valence-electron chi connectivity index (χ0n) is 12.5. The fourth-order valence-electron chi connectivity index (χ4n) is 2.29. The van der Waals surface area contributed by atoms with Gasteiger partial charge in [-0.3, -0.25) is 9.78 Å². The largest absolute Gasteiger partial charge is 0.349 e. The monoisotopic (exact) mass is 352 g/mol. The number of carbonyl (C=O) groups is 1. The molecular formula is C17H12N4OS2. The second kappa shape index (κ2) is 6.46. The van der Waals surface area contributed by atoms with E-state index < -0.39 is 0 Å². The van der Waals surface area contributed by atoms with E-state index in [1.54, 1.807) is 6.20 Å². The third-order valence-corrected chi connectivity index (χ3v) is 5.20. The Morgan fingerprint density at radius 2 is 2.00 bits per heavy atom. The van der Waals surface area contributed by atoms with Gasteiger partial charge in [0.1, 0.15) is 5.69 Å². The first-order valence-corrected chi connectivity index (χ1v) is 9.04. The lowest BCUT2D eigenvalue weighted by Crippen LogP contribution is -2.09. The molecule has 4 aromatic rings. The van der Waals surface area contributed by atoms with Crippen molar-refractivity contribution >= 4 is 44.6 Å². The van der Waals surface area contributed by atoms with Gasteiger partial charge in [0.15, 0.2) is 0 Å². The number of nitrogens with zero attached hydrogens (tertiary/aromatic N) is 3. The number of hydrogen-bond donors (Lipinski definition) is 1. The quantitative estimate of drug-likeness (QED) is 0.550. The molecule has 4 aromatic heterocycles. The highest BCUT2D eigenvalue weighted by Crippen LogP contribution is 2.26. The molecule has 0 aromatic carbocycles. The van der Waals surface area contributed by atoms with Crippen LogP contribution in [-0.4, -0.2) is 20.7 Å². The van der Waals surface area contributed by atoms with E-state index in [0.717, 1.165) is 15.9 Å². The number of pyridine rings is 1. The molecule has 118 valence electrons. The maximum atomic E-state index is 12.7. The first kappa shape index (κ1) is 14.9. The van der Waals surface area contributed by atoms with E-state index in [-0.39, 0.29) is 5.78 Å². The molecule has 0 saturated carbocycles. The minimum absolute atomic E-state index is 0.0688. The molecule has 0 unspecified atom stereocenters. The summed E-state index contributed by atoms with van der Waals surface area (Å²) in [6.45, 7) is 0.503. The van der Waals surface area contributed by atoms with E-state index in [4.69, 9.17) is 0 Å². The van der Waals surface area contributed by atoms with Gasteiger partial charge in [-0.25, -0.2) is 9.97 Å². The molecular weight excluding hydrogens is 340 g/mol. The summed E-state index contributed by atoms with van der Waals surface area (Å²) in [5.74, 6) is 0.368. The first-order chi connectivity index (χ1) is 11.8. The molecule has 0 aliphatic carbocycles. The Balaban J connectivity index is 1.68. The van der Waals surface area contributed by atoms with Crippen molar-refractivity contribution in [2.45, 2.75) is 6.54 Å². The van der Waals surface area contributed by atoms with Crippen LogP contribution in [0.2, 0.25) is 0 Å². The average molecular weight is 352 g/mol. The van der Waals surface area contributed by atoms with Gasteiger partial charge >= 0.3 is 0 Å². The Bertz CT molecular complexity index is 980. The highest BCUT2D eigenvalue weighted by atomic mass is 32.1. The minimum Gasteiger partial charge on any atom is -0.349 e. The summed E-state index contributed by atoms with van der Waals surface area (Å²) in [6, 6.07) is 11.3. The van der Waals surface area contributed by atoms with Crippen molar-refractivity contribution in [1.29, 1.82) is 0 Å². The number of carbonyl (C=O) groups excluding carboxylic acids is 1. The molecule has 0 aliphatic heterocycles. The molecule has 0 atom stereocenters. The van der Waals surface area contributed by atoms with Gasteiger partial charge in [-0.15, -0.1) is 22.7 Å². The Kier molecular flexibility index (Phi) is 4.02. The summed E-state index contributed by atoms with van der Waals surface area (Å²) in [5.41, 5.74) is 2.11. The molecule has 24 heavy (non-hydrogen) atoms. The number of thiophene rings is 2. The van der Waals surface area contributed by atoms with Crippen LogP contribution >= 0.6 is 22.7 Å². The Morgan fingerprint density at radius 3 is 2.79 bits per heavy atom. The molecule has 5 nitrogen and oxygen atoms in total. The van der Waals surface area contributed by atoms with Gasteiger partial charge < -0.3 is 5.32 Å². The minimum atomic E-state index is -0.0688. The maximum Gasteiger partial charge on any atom is 0.224 e. The number of anilines is 1. The lowest BCUT2D eigenvalue weighted by molar-refractivity contribution is 0.104. The van der Waals surface area contributed by atoms with E-state index >= 15 is 0 Å². The van der Waals surface area contributed by atoms with Gasteiger partial charge in [0.05, 0.1) is 27.3 Å². The van der Waals surface area contributed by atoms with Crippen LogP contribution in [0.25, 0.3) is 10.2 Å². The van der Waals surface area contributed by atoms with E-state index in [0.29, 0.717) is 23.1 Å². The van der Waals surface area contributed by atoms with E-state index in [9.17, 15) is 4.79 Å². The zero-order chi connectivity index (χ0) is 16.4. The highest BCUT2D eigenvalue weighted by molar-refractivity contribution is 7.17. The number of aromatic nitrogens is 3. The second-order valence-electron chi connectivity index (χ2n) is 5.01. The van der Waals surface area contributed by atoms with Crippen molar-refractivity contribution in [3.05, 3.63) is 69.6 Å². The molecule has 0 spiro atoms. The first-order valence-electron chi connectivity index (χ1n) is 7.28. The number of ketones is 1. The molecule has 0 fully saturated rings. The van der Waals surface area contributed by atoms with Gasteiger partial charge in [0, 0.05) is 6.20 Å². The second-order valence-corrected chi connectivity index (χ2v) is 6.88. The summed E-state index contributed by atoms with van der Waals surface area (Å²) in [7, 11) is 0. The van der Waals surface area contributed by atoms with Crippen LogP contribution < -0.4 is 5.32 Å². The Labute approximate surface area is 146 Å². The lowest BCUT2D eigenvalue weighted by atomic mass is 10.2. The van der Waals surface area contributed by atoms with Crippen LogP contribution in [0, 0.1) is 0 Å². The molecule has 0 bridgehead atoms. The Hall–Kier alpha value is -2.64. The van der Waals surface area contributed by atoms with Crippen molar-refractivity contribution in [3.63, 3.8) is 0 Å². The van der Waals surface area contributed by atoms with Crippen LogP contribution in [0.15, 0.2) is 53.4 Å². The lowest BCUT2D eigenvalue weighted by Gasteiger charge is -2.07. The average Bonchev–Trinajstić information content (AvgIpc) is 3.31. The standard InChI is InChI=1S/C17H12N4OS2/c22-15(13-5-3-8-23-13)14-16-12(6-9-24-16)20-17(21-14)19-10-11-4-1-2-7-18-11/h1-9H,10H2,(H,19,20,21). The summed E-state index contributed by atoms with van der Waals surface area (Å²) in [4.78, 5) is 26.6. The van der Waals surface area contributed by atoms with Crippen LogP contribution in [0.5, 0.6) is 0 Å². The van der Waals surface area contributed by atoms with Gasteiger partial charge in [0.2, 0.25) is 11.7 Å². The number of hydrogen-bond acceptors (Lipinski definition) is 7. The van der Waals surface area contributed by atoms with E-state index in [1.165, 1.54) is 22.7 Å². The van der Waals surface area contributed by atoms with Crippen LogP contribution in [-0.2, 0) is 6.54 Å².